The second-order valence-electron chi connectivity index (χ2n) is 11.6. The molecule has 0 spiro atoms. The van der Waals surface area contributed by atoms with Gasteiger partial charge in [0.25, 0.3) is 0 Å². The maximum atomic E-state index is 4.76. The molecule has 0 aliphatic carbocycles. The Bertz CT molecular complexity index is 2030. The highest BCUT2D eigenvalue weighted by Crippen LogP contribution is 2.36. The number of benzene rings is 4. The molecule has 0 aliphatic heterocycles. The van der Waals surface area contributed by atoms with E-state index in [1.54, 1.807) is 0 Å². The Morgan fingerprint density at radius 3 is 2.00 bits per heavy atom. The van der Waals surface area contributed by atoms with Crippen LogP contribution in [0.5, 0.6) is 0 Å². The fourth-order valence-corrected chi connectivity index (χ4v) is 5.67. The standard InChI is InChI=1S/C38H31N3/c1-38(2,3)30-19-21-40-35(25-30)28-12-9-13-31(22-28)41-36-15-8-7-14-32(36)33-17-16-29(24-37(33)41)34-23-27(18-20-39-34)26-10-5-4-6-11-26/h4-25H,1-3H3. The third-order valence-electron chi connectivity index (χ3n) is 7.86. The van der Waals surface area contributed by atoms with Crippen LogP contribution < -0.4 is 0 Å². The number of fused-ring (bicyclic) bond motifs is 3. The quantitative estimate of drug-likeness (QED) is 0.227. The second-order valence-corrected chi connectivity index (χ2v) is 11.6. The third kappa shape index (κ3) is 4.60. The van der Waals surface area contributed by atoms with E-state index in [9.17, 15) is 0 Å². The summed E-state index contributed by atoms with van der Waals surface area (Å²) in [6.45, 7) is 6.72. The fraction of sp³-hybridized carbons (Fsp3) is 0.105. The van der Waals surface area contributed by atoms with Gasteiger partial charge in [0, 0.05) is 40.0 Å². The number of hydrogen-bond acceptors (Lipinski definition) is 2. The van der Waals surface area contributed by atoms with Gasteiger partial charge in [-0.15, -0.1) is 0 Å². The Kier molecular flexibility index (Phi) is 6.01. The van der Waals surface area contributed by atoms with Crippen molar-refractivity contribution in [3.63, 3.8) is 0 Å². The van der Waals surface area contributed by atoms with E-state index in [-0.39, 0.29) is 5.41 Å². The molecule has 7 rings (SSSR count). The van der Waals surface area contributed by atoms with Crippen molar-refractivity contribution >= 4 is 21.8 Å². The van der Waals surface area contributed by atoms with Crippen LogP contribution in [0.3, 0.4) is 0 Å². The van der Waals surface area contributed by atoms with Crippen molar-refractivity contribution in [3.05, 3.63) is 139 Å². The van der Waals surface area contributed by atoms with Crippen molar-refractivity contribution in [1.29, 1.82) is 0 Å². The van der Waals surface area contributed by atoms with E-state index in [4.69, 9.17) is 9.97 Å². The molecule has 0 unspecified atom stereocenters. The minimum atomic E-state index is 0.0599. The monoisotopic (exact) mass is 529 g/mol. The molecule has 0 N–H and O–H groups in total. The van der Waals surface area contributed by atoms with E-state index < -0.39 is 0 Å². The van der Waals surface area contributed by atoms with Gasteiger partial charge in [0.1, 0.15) is 0 Å². The predicted octanol–water partition coefficient (Wildman–Crippen LogP) is 9.87. The van der Waals surface area contributed by atoms with Crippen molar-refractivity contribution in [2.75, 3.05) is 0 Å². The zero-order valence-electron chi connectivity index (χ0n) is 23.5. The molecule has 7 aromatic rings. The fourth-order valence-electron chi connectivity index (χ4n) is 5.67. The molecule has 3 heterocycles. The summed E-state index contributed by atoms with van der Waals surface area (Å²) in [5, 5.41) is 2.46. The summed E-state index contributed by atoms with van der Waals surface area (Å²) in [6.07, 6.45) is 3.82. The molecule has 0 aliphatic rings. The molecule has 0 saturated heterocycles. The summed E-state index contributed by atoms with van der Waals surface area (Å²) >= 11 is 0. The van der Waals surface area contributed by atoms with Gasteiger partial charge >= 0.3 is 0 Å². The number of rotatable bonds is 4. The van der Waals surface area contributed by atoms with Crippen LogP contribution >= 0.6 is 0 Å². The lowest BCUT2D eigenvalue weighted by Gasteiger charge is -2.19. The first-order chi connectivity index (χ1) is 20.0. The molecule has 3 aromatic heterocycles. The summed E-state index contributed by atoms with van der Waals surface area (Å²) < 4.78 is 2.37. The molecule has 0 saturated carbocycles. The SMILES string of the molecule is CC(C)(C)c1ccnc(-c2cccc(-n3c4ccccc4c4ccc(-c5cc(-c6ccccc6)ccn5)cc43)c2)c1. The number of hydrogen-bond donors (Lipinski definition) is 0. The molecular weight excluding hydrogens is 498 g/mol. The van der Waals surface area contributed by atoms with Gasteiger partial charge < -0.3 is 4.57 Å². The van der Waals surface area contributed by atoms with Crippen molar-refractivity contribution in [1.82, 2.24) is 14.5 Å². The van der Waals surface area contributed by atoms with Gasteiger partial charge in [-0.25, -0.2) is 0 Å². The topological polar surface area (TPSA) is 30.7 Å². The number of pyridine rings is 2. The second kappa shape index (κ2) is 9.87. The maximum Gasteiger partial charge on any atom is 0.0708 e. The van der Waals surface area contributed by atoms with Crippen molar-refractivity contribution in [2.45, 2.75) is 26.2 Å². The first-order valence-electron chi connectivity index (χ1n) is 14.1. The first-order valence-corrected chi connectivity index (χ1v) is 14.1. The van der Waals surface area contributed by atoms with Crippen LogP contribution in [0.4, 0.5) is 0 Å². The summed E-state index contributed by atoms with van der Waals surface area (Å²) in [5.41, 5.74) is 11.3. The van der Waals surface area contributed by atoms with Crippen LogP contribution in [0, 0.1) is 0 Å². The van der Waals surface area contributed by atoms with Gasteiger partial charge in [0.2, 0.25) is 0 Å². The number of para-hydroxylation sites is 1. The van der Waals surface area contributed by atoms with Crippen LogP contribution in [-0.2, 0) is 5.41 Å². The average molecular weight is 530 g/mol. The molecule has 0 radical (unpaired) electrons. The molecular formula is C38H31N3. The summed E-state index contributed by atoms with van der Waals surface area (Å²) in [7, 11) is 0. The van der Waals surface area contributed by atoms with Crippen LogP contribution in [0.2, 0.25) is 0 Å². The van der Waals surface area contributed by atoms with Crippen LogP contribution in [0.15, 0.2) is 134 Å². The summed E-state index contributed by atoms with van der Waals surface area (Å²) in [4.78, 5) is 9.50. The summed E-state index contributed by atoms with van der Waals surface area (Å²) in [5.74, 6) is 0. The number of nitrogens with zero attached hydrogens (tertiary/aromatic N) is 3. The van der Waals surface area contributed by atoms with Gasteiger partial charge in [0.05, 0.1) is 22.4 Å². The summed E-state index contributed by atoms with van der Waals surface area (Å²) in [6, 6.07) is 43.1. The molecule has 3 nitrogen and oxygen atoms in total. The van der Waals surface area contributed by atoms with Crippen molar-refractivity contribution < 1.29 is 0 Å². The van der Waals surface area contributed by atoms with E-state index in [0.717, 1.165) is 39.3 Å². The highest BCUT2D eigenvalue weighted by Gasteiger charge is 2.17. The van der Waals surface area contributed by atoms with E-state index in [2.05, 4.69) is 141 Å². The molecule has 41 heavy (non-hydrogen) atoms. The lowest BCUT2D eigenvalue weighted by atomic mass is 9.87. The van der Waals surface area contributed by atoms with Gasteiger partial charge in [-0.1, -0.05) is 93.6 Å². The molecule has 0 atom stereocenters. The van der Waals surface area contributed by atoms with Gasteiger partial charge in [-0.05, 0) is 70.6 Å². The van der Waals surface area contributed by atoms with E-state index in [1.165, 1.54) is 27.4 Å². The minimum Gasteiger partial charge on any atom is -0.309 e. The van der Waals surface area contributed by atoms with E-state index in [0.29, 0.717) is 0 Å². The third-order valence-corrected chi connectivity index (χ3v) is 7.86. The lowest BCUT2D eigenvalue weighted by Crippen LogP contribution is -2.11. The zero-order chi connectivity index (χ0) is 28.0. The first kappa shape index (κ1) is 25.0. The molecule has 0 amide bonds. The number of aromatic nitrogens is 3. The molecule has 0 bridgehead atoms. The Hall–Kier alpha value is -5.02. The highest BCUT2D eigenvalue weighted by molar-refractivity contribution is 6.10. The Morgan fingerprint density at radius 1 is 0.488 bits per heavy atom. The largest absolute Gasteiger partial charge is 0.309 e. The van der Waals surface area contributed by atoms with Gasteiger partial charge in [-0.2, -0.15) is 0 Å². The maximum absolute atomic E-state index is 4.76. The Labute approximate surface area is 240 Å². The van der Waals surface area contributed by atoms with E-state index >= 15 is 0 Å². The normalized spacial score (nSPS) is 11.8. The van der Waals surface area contributed by atoms with Gasteiger partial charge in [0.15, 0.2) is 0 Å². The van der Waals surface area contributed by atoms with Crippen LogP contribution in [-0.4, -0.2) is 14.5 Å². The molecule has 4 aromatic carbocycles. The minimum absolute atomic E-state index is 0.0599. The van der Waals surface area contributed by atoms with Crippen molar-refractivity contribution in [3.8, 4) is 39.3 Å². The zero-order valence-corrected chi connectivity index (χ0v) is 23.5. The van der Waals surface area contributed by atoms with E-state index in [1.807, 2.05) is 18.5 Å². The molecule has 3 heteroatoms. The predicted molar refractivity (Wildman–Crippen MR) is 171 cm³/mol. The van der Waals surface area contributed by atoms with Crippen LogP contribution in [0.1, 0.15) is 26.3 Å². The Balaban J connectivity index is 1.39. The Morgan fingerprint density at radius 2 is 1.17 bits per heavy atom. The lowest BCUT2D eigenvalue weighted by molar-refractivity contribution is 0.589. The van der Waals surface area contributed by atoms with Crippen molar-refractivity contribution in [2.24, 2.45) is 0 Å². The molecule has 198 valence electrons. The van der Waals surface area contributed by atoms with Crippen LogP contribution in [0.25, 0.3) is 61.1 Å². The highest BCUT2D eigenvalue weighted by atomic mass is 15.0. The smallest absolute Gasteiger partial charge is 0.0708 e. The van der Waals surface area contributed by atoms with Gasteiger partial charge in [-0.3, -0.25) is 9.97 Å². The molecule has 0 fully saturated rings. The average Bonchev–Trinajstić information content (AvgIpc) is 3.35.